The number of thiophene rings is 1. The molecule has 2 aromatic rings. The Morgan fingerprint density at radius 2 is 2.00 bits per heavy atom. The molecule has 1 aliphatic rings. The Morgan fingerprint density at radius 1 is 1.28 bits per heavy atom. The number of nitrogens with zero attached hydrogens (tertiary/aromatic N) is 1. The Kier molecular flexibility index (Phi) is 4.74. The summed E-state index contributed by atoms with van der Waals surface area (Å²) in [6.45, 7) is 1.27. The van der Waals surface area contributed by atoms with Crippen LogP contribution in [0.3, 0.4) is 0 Å². The second kappa shape index (κ2) is 6.54. The van der Waals surface area contributed by atoms with Crippen LogP contribution in [0.1, 0.15) is 40.3 Å². The number of hydrogen-bond acceptors (Lipinski definition) is 6. The van der Waals surface area contributed by atoms with Crippen LogP contribution < -0.4 is 0 Å². The molecular weight excluding hydrogens is 359 g/mol. The lowest BCUT2D eigenvalue weighted by Gasteiger charge is -2.28. The van der Waals surface area contributed by atoms with Gasteiger partial charge >= 0.3 is 6.18 Å². The minimum atomic E-state index is -4.62. The first-order valence-electron chi connectivity index (χ1n) is 7.72. The molecule has 5 nitrogen and oxygen atoms in total. The molecule has 1 aliphatic carbocycles. The predicted octanol–water partition coefficient (Wildman–Crippen LogP) is 3.43. The van der Waals surface area contributed by atoms with Crippen LogP contribution in [0.25, 0.3) is 10.6 Å². The van der Waals surface area contributed by atoms with Gasteiger partial charge < -0.3 is 14.7 Å². The summed E-state index contributed by atoms with van der Waals surface area (Å²) >= 11 is 1.04. The van der Waals surface area contributed by atoms with E-state index < -0.39 is 30.1 Å². The molecule has 2 heterocycles. The SMILES string of the molecule is Cc1c(-c2ccc(C(=O)C3CC[C@H](O)[C@H](O)C3)s2)noc1C(F)(F)F. The second-order valence-corrected chi connectivity index (χ2v) is 7.24. The van der Waals surface area contributed by atoms with Gasteiger partial charge in [-0.25, -0.2) is 0 Å². The zero-order valence-corrected chi connectivity index (χ0v) is 14.0. The predicted molar refractivity (Wildman–Crippen MR) is 83.2 cm³/mol. The Balaban J connectivity index is 1.81. The van der Waals surface area contributed by atoms with Gasteiger partial charge in [0, 0.05) is 11.5 Å². The Labute approximate surface area is 145 Å². The number of Topliss-reactive ketones (excluding diaryl/α,β-unsaturated/α-hetero) is 1. The first-order chi connectivity index (χ1) is 11.7. The number of halogens is 3. The number of aliphatic hydroxyl groups is 2. The molecular formula is C16H16F3NO4S. The van der Waals surface area contributed by atoms with Crippen LogP contribution in [0.4, 0.5) is 13.2 Å². The second-order valence-electron chi connectivity index (χ2n) is 6.16. The Bertz CT molecular complexity index is 783. The molecule has 25 heavy (non-hydrogen) atoms. The van der Waals surface area contributed by atoms with Gasteiger partial charge in [-0.2, -0.15) is 13.2 Å². The number of carbonyl (C=O) groups is 1. The van der Waals surface area contributed by atoms with E-state index in [0.717, 1.165) is 11.3 Å². The summed E-state index contributed by atoms with van der Waals surface area (Å²) in [5, 5.41) is 22.7. The van der Waals surface area contributed by atoms with E-state index in [1.54, 1.807) is 6.07 Å². The van der Waals surface area contributed by atoms with Crippen molar-refractivity contribution in [2.45, 2.75) is 44.6 Å². The van der Waals surface area contributed by atoms with Gasteiger partial charge in [-0.05, 0) is 38.3 Å². The standard InChI is InChI=1S/C16H16F3NO4S/c1-7-13(20-24-15(7)16(17,18)19)11-4-5-12(25-11)14(23)8-2-3-9(21)10(22)6-8/h4-5,8-10,21-22H,2-3,6H2,1H3/t8?,9-,10+/m0/s1. The van der Waals surface area contributed by atoms with Crippen LogP contribution in [0, 0.1) is 12.8 Å². The van der Waals surface area contributed by atoms with Crippen molar-refractivity contribution in [2.24, 2.45) is 5.92 Å². The fourth-order valence-corrected chi connectivity index (χ4v) is 4.06. The highest BCUT2D eigenvalue weighted by molar-refractivity contribution is 7.17. The maximum atomic E-state index is 12.8. The third-order valence-corrected chi connectivity index (χ3v) is 5.52. The zero-order valence-electron chi connectivity index (χ0n) is 13.2. The maximum absolute atomic E-state index is 12.8. The number of alkyl halides is 3. The van der Waals surface area contributed by atoms with E-state index in [4.69, 9.17) is 0 Å². The molecule has 0 saturated heterocycles. The van der Waals surface area contributed by atoms with Gasteiger partial charge in [0.15, 0.2) is 5.78 Å². The first kappa shape index (κ1) is 18.1. The quantitative estimate of drug-likeness (QED) is 0.803. The van der Waals surface area contributed by atoms with Gasteiger partial charge in [0.1, 0.15) is 5.69 Å². The number of ketones is 1. The topological polar surface area (TPSA) is 83.6 Å². The summed E-state index contributed by atoms with van der Waals surface area (Å²) in [5.41, 5.74) is -0.0555. The normalized spacial score (nSPS) is 24.5. The van der Waals surface area contributed by atoms with Gasteiger partial charge in [0.25, 0.3) is 0 Å². The zero-order chi connectivity index (χ0) is 18.4. The molecule has 1 unspecified atom stereocenters. The average molecular weight is 375 g/mol. The molecule has 3 atom stereocenters. The van der Waals surface area contributed by atoms with Crippen molar-refractivity contribution in [1.82, 2.24) is 5.16 Å². The number of aromatic nitrogens is 1. The summed E-state index contributed by atoms with van der Waals surface area (Å²) in [6, 6.07) is 3.08. The summed E-state index contributed by atoms with van der Waals surface area (Å²) in [5.74, 6) is -1.73. The van der Waals surface area contributed by atoms with E-state index in [0.29, 0.717) is 22.6 Å². The third-order valence-electron chi connectivity index (χ3n) is 4.42. The van der Waals surface area contributed by atoms with Crippen molar-refractivity contribution >= 4 is 17.1 Å². The minimum Gasteiger partial charge on any atom is -0.390 e. The summed E-state index contributed by atoms with van der Waals surface area (Å²) in [7, 11) is 0. The molecule has 1 saturated carbocycles. The van der Waals surface area contributed by atoms with Crippen molar-refractivity contribution in [1.29, 1.82) is 0 Å². The summed E-state index contributed by atoms with van der Waals surface area (Å²) < 4.78 is 42.8. The van der Waals surface area contributed by atoms with Gasteiger partial charge in [-0.3, -0.25) is 4.79 Å². The number of hydrogen-bond donors (Lipinski definition) is 2. The largest absolute Gasteiger partial charge is 0.452 e. The lowest BCUT2D eigenvalue weighted by atomic mass is 9.82. The third kappa shape index (κ3) is 3.49. The smallest absolute Gasteiger partial charge is 0.390 e. The number of aliphatic hydroxyl groups excluding tert-OH is 2. The molecule has 1 fully saturated rings. The van der Waals surface area contributed by atoms with Gasteiger partial charge in [0.2, 0.25) is 5.76 Å². The molecule has 136 valence electrons. The Morgan fingerprint density at radius 3 is 2.60 bits per heavy atom. The monoisotopic (exact) mass is 375 g/mol. The van der Waals surface area contributed by atoms with Crippen LogP contribution in [0.5, 0.6) is 0 Å². The highest BCUT2D eigenvalue weighted by atomic mass is 32.1. The molecule has 0 radical (unpaired) electrons. The van der Waals surface area contributed by atoms with Crippen molar-refractivity contribution in [3.63, 3.8) is 0 Å². The van der Waals surface area contributed by atoms with E-state index in [9.17, 15) is 28.2 Å². The van der Waals surface area contributed by atoms with Crippen LogP contribution in [-0.4, -0.2) is 33.4 Å². The Hall–Kier alpha value is -1.71. The van der Waals surface area contributed by atoms with Gasteiger partial charge in [-0.15, -0.1) is 11.3 Å². The minimum absolute atomic E-state index is 0.0653. The van der Waals surface area contributed by atoms with E-state index in [1.165, 1.54) is 13.0 Å². The summed E-state index contributed by atoms with van der Waals surface area (Å²) in [4.78, 5) is 13.3. The average Bonchev–Trinajstić information content (AvgIpc) is 3.15. The highest BCUT2D eigenvalue weighted by Gasteiger charge is 2.39. The first-order valence-corrected chi connectivity index (χ1v) is 8.54. The molecule has 2 N–H and O–H groups in total. The lowest BCUT2D eigenvalue weighted by Crippen LogP contribution is -2.36. The maximum Gasteiger partial charge on any atom is 0.452 e. The molecule has 0 aliphatic heterocycles. The van der Waals surface area contributed by atoms with Crippen LogP contribution in [-0.2, 0) is 6.18 Å². The van der Waals surface area contributed by atoms with Crippen molar-refractivity contribution in [2.75, 3.05) is 0 Å². The molecule has 3 rings (SSSR count). The fourth-order valence-electron chi connectivity index (χ4n) is 3.00. The van der Waals surface area contributed by atoms with Crippen molar-refractivity contribution in [3.05, 3.63) is 28.3 Å². The van der Waals surface area contributed by atoms with Crippen LogP contribution in [0.15, 0.2) is 16.7 Å². The van der Waals surface area contributed by atoms with Crippen molar-refractivity contribution in [3.8, 4) is 10.6 Å². The van der Waals surface area contributed by atoms with E-state index in [2.05, 4.69) is 9.68 Å². The van der Waals surface area contributed by atoms with E-state index in [1.807, 2.05) is 0 Å². The van der Waals surface area contributed by atoms with Crippen LogP contribution >= 0.6 is 11.3 Å². The lowest BCUT2D eigenvalue weighted by molar-refractivity contribution is -0.156. The van der Waals surface area contributed by atoms with Crippen LogP contribution in [0.2, 0.25) is 0 Å². The molecule has 0 amide bonds. The molecule has 0 spiro atoms. The van der Waals surface area contributed by atoms with Crippen molar-refractivity contribution < 1.29 is 32.7 Å². The highest BCUT2D eigenvalue weighted by Crippen LogP contribution is 2.39. The van der Waals surface area contributed by atoms with E-state index in [-0.39, 0.29) is 23.5 Å². The fraction of sp³-hybridized carbons (Fsp3) is 0.500. The van der Waals surface area contributed by atoms with Gasteiger partial charge in [0.05, 0.1) is 22.0 Å². The summed E-state index contributed by atoms with van der Waals surface area (Å²) in [6.07, 6.45) is -5.40. The number of carbonyl (C=O) groups excluding carboxylic acids is 1. The number of rotatable bonds is 3. The molecule has 9 heteroatoms. The van der Waals surface area contributed by atoms with E-state index >= 15 is 0 Å². The van der Waals surface area contributed by atoms with Gasteiger partial charge in [-0.1, -0.05) is 5.16 Å². The molecule has 2 aromatic heterocycles. The molecule has 0 aromatic carbocycles. The molecule has 0 bridgehead atoms.